The van der Waals surface area contributed by atoms with E-state index in [9.17, 15) is 4.79 Å². The molecule has 18 heavy (non-hydrogen) atoms. The van der Waals surface area contributed by atoms with Crippen LogP contribution in [-0.2, 0) is 4.79 Å². The van der Waals surface area contributed by atoms with Gasteiger partial charge in [0.2, 0.25) is 0 Å². The Hall–Kier alpha value is -1.10. The van der Waals surface area contributed by atoms with Crippen molar-refractivity contribution in [2.75, 3.05) is 26.7 Å². The molecule has 0 radical (unpaired) electrons. The van der Waals surface area contributed by atoms with Crippen LogP contribution in [0.4, 0.5) is 0 Å². The molecule has 0 saturated carbocycles. The van der Waals surface area contributed by atoms with Crippen LogP contribution in [0.3, 0.4) is 0 Å². The average molecular weight is 269 g/mol. The molecule has 1 aliphatic rings. The number of likely N-dealkylation sites (tertiary alicyclic amines) is 1. The van der Waals surface area contributed by atoms with Gasteiger partial charge in [0, 0.05) is 30.6 Å². The van der Waals surface area contributed by atoms with E-state index in [1.54, 1.807) is 6.07 Å². The van der Waals surface area contributed by atoms with Crippen LogP contribution >= 0.6 is 11.6 Å². The molecule has 0 amide bonds. The molecule has 3 N–H and O–H groups in total. The van der Waals surface area contributed by atoms with Crippen molar-refractivity contribution < 1.29 is 9.90 Å². The van der Waals surface area contributed by atoms with Crippen LogP contribution in [0.25, 0.3) is 0 Å². The first-order valence-electron chi connectivity index (χ1n) is 5.93. The third kappa shape index (κ3) is 2.51. The molecule has 1 aromatic carbocycles. The SMILES string of the molecule is CN1CC(c2ccc(C(CN)C(=O)O)cc2Cl)C1. The van der Waals surface area contributed by atoms with Crippen molar-refractivity contribution in [3.8, 4) is 0 Å². The van der Waals surface area contributed by atoms with Crippen LogP contribution in [-0.4, -0.2) is 42.7 Å². The first kappa shape index (κ1) is 13.3. The molecule has 5 heteroatoms. The lowest BCUT2D eigenvalue weighted by atomic mass is 9.89. The zero-order valence-electron chi connectivity index (χ0n) is 10.3. The van der Waals surface area contributed by atoms with E-state index in [0.29, 0.717) is 16.5 Å². The first-order valence-corrected chi connectivity index (χ1v) is 6.31. The fraction of sp³-hybridized carbons (Fsp3) is 0.462. The molecule has 0 spiro atoms. The average Bonchev–Trinajstić information content (AvgIpc) is 2.26. The maximum absolute atomic E-state index is 11.0. The van der Waals surface area contributed by atoms with E-state index >= 15 is 0 Å². The van der Waals surface area contributed by atoms with Gasteiger partial charge < -0.3 is 15.7 Å². The van der Waals surface area contributed by atoms with Gasteiger partial charge in [-0.15, -0.1) is 0 Å². The Balaban J connectivity index is 2.21. The summed E-state index contributed by atoms with van der Waals surface area (Å²) < 4.78 is 0. The number of benzene rings is 1. The number of rotatable bonds is 4. The van der Waals surface area contributed by atoms with E-state index in [-0.39, 0.29) is 6.54 Å². The standard InChI is InChI=1S/C13H17ClN2O2/c1-16-6-9(7-16)10-3-2-8(4-12(10)14)11(5-15)13(17)18/h2-4,9,11H,5-7,15H2,1H3,(H,17,18). The molecule has 0 aliphatic carbocycles. The van der Waals surface area contributed by atoms with Crippen LogP contribution < -0.4 is 5.73 Å². The van der Waals surface area contributed by atoms with Crippen LogP contribution in [0, 0.1) is 0 Å². The Kier molecular flexibility index (Phi) is 3.90. The number of carboxylic acid groups (broad SMARTS) is 1. The smallest absolute Gasteiger partial charge is 0.312 e. The largest absolute Gasteiger partial charge is 0.481 e. The molecule has 1 saturated heterocycles. The van der Waals surface area contributed by atoms with E-state index in [4.69, 9.17) is 22.4 Å². The van der Waals surface area contributed by atoms with Gasteiger partial charge in [0.1, 0.15) is 0 Å². The van der Waals surface area contributed by atoms with E-state index in [0.717, 1.165) is 18.7 Å². The predicted octanol–water partition coefficient (Wildman–Crippen LogP) is 1.50. The summed E-state index contributed by atoms with van der Waals surface area (Å²) in [5.41, 5.74) is 7.25. The summed E-state index contributed by atoms with van der Waals surface area (Å²) in [7, 11) is 2.06. The lowest BCUT2D eigenvalue weighted by Crippen LogP contribution is -2.41. The van der Waals surface area contributed by atoms with Gasteiger partial charge in [-0.2, -0.15) is 0 Å². The Morgan fingerprint density at radius 1 is 1.61 bits per heavy atom. The van der Waals surface area contributed by atoms with Crippen molar-refractivity contribution in [2.45, 2.75) is 11.8 Å². The summed E-state index contributed by atoms with van der Waals surface area (Å²) in [5, 5.41) is 9.70. The monoisotopic (exact) mass is 268 g/mol. The summed E-state index contributed by atoms with van der Waals surface area (Å²) in [6.07, 6.45) is 0. The fourth-order valence-electron chi connectivity index (χ4n) is 2.37. The molecular weight excluding hydrogens is 252 g/mol. The van der Waals surface area contributed by atoms with Crippen LogP contribution in [0.1, 0.15) is 23.0 Å². The van der Waals surface area contributed by atoms with Gasteiger partial charge in [0.25, 0.3) is 0 Å². The maximum atomic E-state index is 11.0. The highest BCUT2D eigenvalue weighted by molar-refractivity contribution is 6.31. The van der Waals surface area contributed by atoms with E-state index in [1.165, 1.54) is 0 Å². The van der Waals surface area contributed by atoms with Crippen molar-refractivity contribution in [1.29, 1.82) is 0 Å². The first-order chi connectivity index (χ1) is 8.52. The number of carbonyl (C=O) groups is 1. The summed E-state index contributed by atoms with van der Waals surface area (Å²) in [4.78, 5) is 13.3. The molecule has 2 rings (SSSR count). The Labute approximate surface area is 111 Å². The zero-order chi connectivity index (χ0) is 13.3. The van der Waals surface area contributed by atoms with Crippen LogP contribution in [0.5, 0.6) is 0 Å². The topological polar surface area (TPSA) is 66.6 Å². The van der Waals surface area contributed by atoms with Gasteiger partial charge in [-0.05, 0) is 24.2 Å². The molecule has 1 aliphatic heterocycles. The number of carboxylic acids is 1. The van der Waals surface area contributed by atoms with Crippen LogP contribution in [0.2, 0.25) is 5.02 Å². The lowest BCUT2D eigenvalue weighted by Gasteiger charge is -2.37. The zero-order valence-corrected chi connectivity index (χ0v) is 11.0. The highest BCUT2D eigenvalue weighted by Gasteiger charge is 2.27. The van der Waals surface area contributed by atoms with Crippen molar-refractivity contribution >= 4 is 17.6 Å². The maximum Gasteiger partial charge on any atom is 0.312 e. The van der Waals surface area contributed by atoms with Gasteiger partial charge in [-0.25, -0.2) is 0 Å². The van der Waals surface area contributed by atoms with Crippen molar-refractivity contribution in [2.24, 2.45) is 5.73 Å². The minimum absolute atomic E-state index is 0.0805. The van der Waals surface area contributed by atoms with E-state index in [1.807, 2.05) is 12.1 Å². The summed E-state index contributed by atoms with van der Waals surface area (Å²) in [6, 6.07) is 5.49. The number of hydrogen-bond acceptors (Lipinski definition) is 3. The molecule has 1 fully saturated rings. The number of halogens is 1. The van der Waals surface area contributed by atoms with Crippen molar-refractivity contribution in [3.05, 3.63) is 34.3 Å². The highest BCUT2D eigenvalue weighted by Crippen LogP contribution is 2.33. The number of aliphatic carboxylic acids is 1. The Bertz CT molecular complexity index is 458. The Morgan fingerprint density at radius 3 is 2.72 bits per heavy atom. The highest BCUT2D eigenvalue weighted by atomic mass is 35.5. The predicted molar refractivity (Wildman–Crippen MR) is 71.1 cm³/mol. The molecule has 0 bridgehead atoms. The lowest BCUT2D eigenvalue weighted by molar-refractivity contribution is -0.138. The molecule has 0 aromatic heterocycles. The molecule has 1 aromatic rings. The molecule has 1 heterocycles. The van der Waals surface area contributed by atoms with Gasteiger partial charge in [-0.3, -0.25) is 4.79 Å². The quantitative estimate of drug-likeness (QED) is 0.868. The molecule has 1 unspecified atom stereocenters. The van der Waals surface area contributed by atoms with Crippen molar-refractivity contribution in [1.82, 2.24) is 4.90 Å². The third-order valence-corrected chi connectivity index (χ3v) is 3.79. The second-order valence-electron chi connectivity index (χ2n) is 4.83. The van der Waals surface area contributed by atoms with E-state index < -0.39 is 11.9 Å². The summed E-state index contributed by atoms with van der Waals surface area (Å²) in [5.74, 6) is -1.14. The van der Waals surface area contributed by atoms with Gasteiger partial charge in [0.15, 0.2) is 0 Å². The van der Waals surface area contributed by atoms with Crippen molar-refractivity contribution in [3.63, 3.8) is 0 Å². The normalized spacial score (nSPS) is 18.4. The number of nitrogens with two attached hydrogens (primary N) is 1. The number of likely N-dealkylation sites (N-methyl/N-ethyl adjacent to an activating group) is 1. The second kappa shape index (κ2) is 5.26. The Morgan fingerprint density at radius 2 is 2.28 bits per heavy atom. The van der Waals surface area contributed by atoms with Gasteiger partial charge in [0.05, 0.1) is 5.92 Å². The number of nitrogens with zero attached hydrogens (tertiary/aromatic N) is 1. The molecular formula is C13H17ClN2O2. The summed E-state index contributed by atoms with van der Waals surface area (Å²) >= 11 is 6.24. The van der Waals surface area contributed by atoms with Gasteiger partial charge in [-0.1, -0.05) is 23.7 Å². The fourth-order valence-corrected chi connectivity index (χ4v) is 2.71. The molecule has 98 valence electrons. The molecule has 1 atom stereocenters. The minimum atomic E-state index is -0.912. The second-order valence-corrected chi connectivity index (χ2v) is 5.23. The summed E-state index contributed by atoms with van der Waals surface area (Å²) in [6.45, 7) is 2.08. The van der Waals surface area contributed by atoms with E-state index in [2.05, 4.69) is 11.9 Å². The van der Waals surface area contributed by atoms with Crippen LogP contribution in [0.15, 0.2) is 18.2 Å². The third-order valence-electron chi connectivity index (χ3n) is 3.46. The van der Waals surface area contributed by atoms with Gasteiger partial charge >= 0.3 is 5.97 Å². The minimum Gasteiger partial charge on any atom is -0.481 e. The number of hydrogen-bond donors (Lipinski definition) is 2. The molecule has 4 nitrogen and oxygen atoms in total.